The number of aliphatic hydroxyl groups is 17. The summed E-state index contributed by atoms with van der Waals surface area (Å²) in [5.41, 5.74) is -1.83. The molecule has 6 saturated heterocycles. The molecule has 18 N–H and O–H groups in total. The summed E-state index contributed by atoms with van der Waals surface area (Å²) in [4.78, 5) is 29.6. The van der Waals surface area contributed by atoms with Crippen LogP contribution in [-0.2, 0) is 75.9 Å². The average molecular weight is 1640 g/mol. The molecule has 0 bridgehead atoms. The SMILES string of the molecule is C=CS(C)(O)CC/C=C(\C)C(=O)OC[C@H]1O[C@@H](OC(=O)[C@]23CCC(C)(C)C[C@@H]2C2=CC[C@@H]4[C@@]5(C)CC[C@H](O[C@@H]6O[C@H](CO[C@@H]7OC[C@H](O)[C@H](O)[C@H]7O[C@@H]7CC[C@@H](O)[C@H](O)[C@H]7O)[C@@H](O)[C@H](O)[C@H]6O)C(C)(C)[C@H]5CC[C@@]4(C)[C@]2(C)CC3)[C@H](O[C@@H]2O[C@@H](C)[C@H](O[C@@H]3OC[C@@H](O)[C@H](O[C@@H]4OC[C@@H](O)[C@H](O)[C@H]4O)[C@H]3O)[C@@H](O)[C@H]2O)[C@@H](O)[C@@H]1O. The Morgan fingerprint density at radius 3 is 1.81 bits per heavy atom. The number of carbonyl (C=O) groups is 2. The number of fused-ring (bicyclic) bond motifs is 7. The second-order valence-corrected chi connectivity index (χ2v) is 39.4. The monoisotopic (exact) mass is 1640 g/mol. The Kier molecular flexibility index (Phi) is 27.5. The third-order valence-electron chi connectivity index (χ3n) is 28.4. The van der Waals surface area contributed by atoms with Crippen molar-refractivity contribution in [3.8, 4) is 0 Å². The summed E-state index contributed by atoms with van der Waals surface area (Å²) in [7, 11) is -2.12. The van der Waals surface area contributed by atoms with Gasteiger partial charge in [0.25, 0.3) is 0 Å². The highest BCUT2D eigenvalue weighted by Crippen LogP contribution is 2.76. The van der Waals surface area contributed by atoms with Gasteiger partial charge in [0.15, 0.2) is 37.6 Å². The van der Waals surface area contributed by atoms with Crippen LogP contribution in [0, 0.1) is 50.2 Å². The van der Waals surface area contributed by atoms with Gasteiger partial charge in [-0.25, -0.2) is 4.79 Å². The third kappa shape index (κ3) is 17.2. The number of hydrogen-bond donors (Lipinski definition) is 18. The van der Waals surface area contributed by atoms with Crippen LogP contribution < -0.4 is 0 Å². The summed E-state index contributed by atoms with van der Waals surface area (Å²) < 4.78 is 95.3. The first-order valence-electron chi connectivity index (χ1n) is 40.1. The number of carbonyl (C=O) groups excluding carboxylic acids is 2. The maximum Gasteiger partial charge on any atom is 0.333 e. The molecule has 0 radical (unpaired) electrons. The molecule has 11 fully saturated rings. The lowest BCUT2D eigenvalue weighted by Crippen LogP contribution is -2.67. The Labute approximate surface area is 659 Å². The lowest BCUT2D eigenvalue weighted by atomic mass is 9.33. The van der Waals surface area contributed by atoms with Gasteiger partial charge in [-0.05, 0) is 154 Å². The molecule has 0 aromatic heterocycles. The highest BCUT2D eigenvalue weighted by molar-refractivity contribution is 8.30. The third-order valence-corrected chi connectivity index (χ3v) is 30.2. The van der Waals surface area contributed by atoms with Gasteiger partial charge in [-0.3, -0.25) is 4.79 Å². The van der Waals surface area contributed by atoms with Crippen LogP contribution in [0.15, 0.2) is 35.3 Å². The van der Waals surface area contributed by atoms with E-state index < -0.39 is 261 Å². The van der Waals surface area contributed by atoms with Crippen molar-refractivity contribution in [2.45, 2.75) is 342 Å². The van der Waals surface area contributed by atoms with E-state index >= 15 is 4.79 Å². The Bertz CT molecular complexity index is 3330. The van der Waals surface area contributed by atoms with Crippen LogP contribution in [0.25, 0.3) is 0 Å². The lowest BCUT2D eigenvalue weighted by molar-refractivity contribution is -0.379. The molecule has 0 aromatic rings. The second-order valence-electron chi connectivity index (χ2n) is 36.4. The molecule has 12 rings (SSSR count). The summed E-state index contributed by atoms with van der Waals surface area (Å²) in [5, 5.41) is 190. The first kappa shape index (κ1) is 89.6. The smallest absolute Gasteiger partial charge is 0.333 e. The predicted molar refractivity (Wildman–Crippen MR) is 392 cm³/mol. The van der Waals surface area contributed by atoms with Crippen LogP contribution >= 0.6 is 10.3 Å². The standard InChI is InChI=1S/C78H126O34S/c1-12-113(11,98)27-13-14-34(2)65(96)99-32-43-53(88)55(90)64(111-68-59(94)56(91)61(35(3)104-68)109-67-60(95)62(41(82)31-101-67)110-66-57(92)49(84)39(80)29-100-66)71(107-43)112-72(97)78-25-23-73(4,5)28-37(78)36-15-18-46-75(8)21-20-47(74(6,7)45(75)19-22-77(46,10)76(36,9)24-26-78)108-69-58(93)54(89)52(87)44(106-69)33-103-70-63(50(85)40(81)30-102-70)105-42-17-16-38(79)48(83)51(42)86/h12,14-15,35,37-64,66-71,79-95,98H,1,13,16-33H2,2-11H3/b34-14+/t35-,37+,38+,39+,40-,41+,42+,43+,44+,45+,46+,47-,48-,49-,50-,51-,52+,53+,54-,55-,56-,57+,58+,59+,60+,61-,62-,63+,64+,66-,67-,68-,69-,70-,71-,75-,76+,77+,78-/m0/s1. The first-order valence-corrected chi connectivity index (χ1v) is 42.3. The number of hydrogen-bond acceptors (Lipinski definition) is 34. The minimum absolute atomic E-state index is 0.0479. The zero-order valence-corrected chi connectivity index (χ0v) is 66.9. The van der Waals surface area contributed by atoms with Crippen molar-refractivity contribution in [1.82, 2.24) is 0 Å². The second kappa shape index (κ2) is 34.7. The molecule has 6 aliphatic carbocycles. The number of rotatable bonds is 22. The number of ether oxygens (including phenoxy) is 14. The van der Waals surface area contributed by atoms with Crippen molar-refractivity contribution in [3.63, 3.8) is 0 Å². The fourth-order valence-corrected chi connectivity index (χ4v) is 21.8. The van der Waals surface area contributed by atoms with Crippen LogP contribution in [0.2, 0.25) is 0 Å². The maximum atomic E-state index is 16.1. The molecule has 5 saturated carbocycles. The summed E-state index contributed by atoms with van der Waals surface area (Å²) in [6, 6.07) is 0. The summed E-state index contributed by atoms with van der Waals surface area (Å²) in [6.07, 6.45) is -38.8. The van der Waals surface area contributed by atoms with E-state index in [0.717, 1.165) is 18.4 Å². The van der Waals surface area contributed by atoms with E-state index in [2.05, 4.69) is 61.1 Å². The molecule has 35 heteroatoms. The molecular formula is C78H126O34S. The van der Waals surface area contributed by atoms with Crippen LogP contribution in [0.1, 0.15) is 146 Å². The molecule has 6 aliphatic heterocycles. The van der Waals surface area contributed by atoms with Crippen molar-refractivity contribution in [3.05, 3.63) is 35.3 Å². The van der Waals surface area contributed by atoms with Crippen molar-refractivity contribution >= 4 is 22.2 Å². The van der Waals surface area contributed by atoms with Crippen LogP contribution in [0.4, 0.5) is 0 Å². The van der Waals surface area contributed by atoms with Crippen LogP contribution in [-0.4, -0.2) is 345 Å². The maximum absolute atomic E-state index is 16.1. The predicted octanol–water partition coefficient (Wildman–Crippen LogP) is -1.23. The molecular weight excluding hydrogens is 1510 g/mol. The molecule has 0 amide bonds. The Morgan fingerprint density at radius 1 is 0.540 bits per heavy atom. The van der Waals surface area contributed by atoms with E-state index in [-0.39, 0.29) is 59.0 Å². The molecule has 0 spiro atoms. The van der Waals surface area contributed by atoms with Gasteiger partial charge in [-0.2, -0.15) is 0 Å². The molecule has 12 aliphatic rings. The van der Waals surface area contributed by atoms with E-state index in [4.69, 9.17) is 66.3 Å². The molecule has 40 atom stereocenters. The number of esters is 2. The molecule has 0 aromatic carbocycles. The first-order chi connectivity index (χ1) is 52.9. The van der Waals surface area contributed by atoms with Crippen molar-refractivity contribution in [2.24, 2.45) is 50.2 Å². The molecule has 1 unspecified atom stereocenters. The van der Waals surface area contributed by atoms with Crippen molar-refractivity contribution in [2.75, 3.05) is 45.0 Å². The number of allylic oxidation sites excluding steroid dienone is 3. The lowest BCUT2D eigenvalue weighted by Gasteiger charge is -2.71. The van der Waals surface area contributed by atoms with E-state index in [1.54, 1.807) is 12.3 Å². The molecule has 6 heterocycles. The quantitative estimate of drug-likeness (QED) is 0.0261. The largest absolute Gasteiger partial charge is 0.459 e. The fraction of sp³-hybridized carbons (Fsp3) is 0.897. The van der Waals surface area contributed by atoms with Gasteiger partial charge in [0.05, 0.1) is 56.3 Å². The van der Waals surface area contributed by atoms with Crippen molar-refractivity contribution in [1.29, 1.82) is 0 Å². The average Bonchev–Trinajstić information content (AvgIpc) is 0.674. The van der Waals surface area contributed by atoms with E-state index in [0.29, 0.717) is 63.5 Å². The van der Waals surface area contributed by atoms with Gasteiger partial charge in [-0.1, -0.05) is 72.8 Å². The van der Waals surface area contributed by atoms with Gasteiger partial charge in [0.1, 0.15) is 135 Å². The zero-order chi connectivity index (χ0) is 82.5. The summed E-state index contributed by atoms with van der Waals surface area (Å²) in [5.74, 6) is -1.40. The fourth-order valence-electron chi connectivity index (χ4n) is 21.1. The van der Waals surface area contributed by atoms with Gasteiger partial charge >= 0.3 is 11.9 Å². The van der Waals surface area contributed by atoms with Gasteiger partial charge < -0.3 is 158 Å². The van der Waals surface area contributed by atoms with Gasteiger partial charge in [0, 0.05) is 11.3 Å². The Balaban J connectivity index is 0.751. The highest BCUT2D eigenvalue weighted by Gasteiger charge is 2.71. The van der Waals surface area contributed by atoms with Gasteiger partial charge in [0.2, 0.25) is 6.29 Å². The zero-order valence-electron chi connectivity index (χ0n) is 66.1. The minimum Gasteiger partial charge on any atom is -0.459 e. The molecule has 113 heavy (non-hydrogen) atoms. The van der Waals surface area contributed by atoms with Crippen LogP contribution in [0.5, 0.6) is 0 Å². The topological polar surface area (TPSA) is 528 Å². The Hall–Kier alpha value is -2.69. The Morgan fingerprint density at radius 2 is 1.11 bits per heavy atom. The van der Waals surface area contributed by atoms with E-state index in [9.17, 15) is 96.2 Å². The van der Waals surface area contributed by atoms with Crippen molar-refractivity contribution < 1.29 is 167 Å². The number of aliphatic hydroxyl groups excluding tert-OH is 17. The van der Waals surface area contributed by atoms with E-state index in [1.807, 2.05) is 0 Å². The molecule has 34 nitrogen and oxygen atoms in total. The summed E-state index contributed by atoms with van der Waals surface area (Å²) in [6.45, 7) is 19.8. The summed E-state index contributed by atoms with van der Waals surface area (Å²) >= 11 is 0. The van der Waals surface area contributed by atoms with E-state index in [1.165, 1.54) is 19.3 Å². The van der Waals surface area contributed by atoms with Gasteiger partial charge in [-0.15, -0.1) is 10.3 Å². The minimum atomic E-state index is -2.12. The normalized spacial score (nSPS) is 50.8. The highest BCUT2D eigenvalue weighted by atomic mass is 32.3. The molecule has 648 valence electrons. The van der Waals surface area contributed by atoms with Crippen LogP contribution in [0.3, 0.4) is 0 Å².